The molecule has 4 nitrogen and oxygen atoms in total. The van der Waals surface area contributed by atoms with Crippen LogP contribution in [0, 0.1) is 17.2 Å². The van der Waals surface area contributed by atoms with E-state index in [-0.39, 0.29) is 5.78 Å². The standard InChI is InChI=1S/C22H21ClN2O2/c23-19-12-15(20(26)11-14-9-17-6-7-18(10-14)25-17)5-8-22(19)27-21-4-2-1-3-16(21)13-24/h1-5,8,12,14,17-18,25H,6-7,9-11H2/t14?,17-,18+. The van der Waals surface area contributed by atoms with Crippen molar-refractivity contribution in [2.24, 2.45) is 5.92 Å². The number of Topliss-reactive ketones (excluding diaryl/α,β-unsaturated/α-hetero) is 1. The van der Waals surface area contributed by atoms with E-state index >= 15 is 0 Å². The number of halogens is 1. The number of nitriles is 1. The molecule has 2 aromatic carbocycles. The van der Waals surface area contributed by atoms with Gasteiger partial charge in [-0.1, -0.05) is 23.7 Å². The number of nitrogens with zero attached hydrogens (tertiary/aromatic N) is 1. The maximum absolute atomic E-state index is 12.7. The van der Waals surface area contributed by atoms with Gasteiger partial charge in [0.05, 0.1) is 10.6 Å². The molecule has 1 unspecified atom stereocenters. The van der Waals surface area contributed by atoms with Gasteiger partial charge < -0.3 is 10.1 Å². The molecule has 2 bridgehead atoms. The number of fused-ring (bicyclic) bond motifs is 2. The normalized spacial score (nSPS) is 23.6. The van der Waals surface area contributed by atoms with Crippen LogP contribution in [-0.4, -0.2) is 17.9 Å². The number of piperidine rings is 1. The molecule has 1 N–H and O–H groups in total. The molecule has 2 aliphatic rings. The Balaban J connectivity index is 1.45. The molecule has 2 aliphatic heterocycles. The minimum atomic E-state index is 0.132. The summed E-state index contributed by atoms with van der Waals surface area (Å²) in [6.07, 6.45) is 5.21. The first-order valence-electron chi connectivity index (χ1n) is 9.38. The summed E-state index contributed by atoms with van der Waals surface area (Å²) in [6.45, 7) is 0. The number of carbonyl (C=O) groups is 1. The molecule has 3 atom stereocenters. The average molecular weight is 381 g/mol. The van der Waals surface area contributed by atoms with E-state index in [0.717, 1.165) is 12.8 Å². The van der Waals surface area contributed by atoms with Gasteiger partial charge in [-0.3, -0.25) is 4.79 Å². The zero-order valence-corrected chi connectivity index (χ0v) is 15.7. The quantitative estimate of drug-likeness (QED) is 0.732. The van der Waals surface area contributed by atoms with Crippen molar-refractivity contribution in [1.82, 2.24) is 5.32 Å². The molecule has 0 aliphatic carbocycles. The fraction of sp³-hybridized carbons (Fsp3) is 0.364. The van der Waals surface area contributed by atoms with Gasteiger partial charge in [0.2, 0.25) is 0 Å². The lowest BCUT2D eigenvalue weighted by Crippen LogP contribution is -2.38. The zero-order chi connectivity index (χ0) is 18.8. The monoisotopic (exact) mass is 380 g/mol. The summed E-state index contributed by atoms with van der Waals surface area (Å²) in [4.78, 5) is 12.7. The third-order valence-electron chi connectivity index (χ3n) is 5.53. The van der Waals surface area contributed by atoms with E-state index in [4.69, 9.17) is 21.6 Å². The Kier molecular flexibility index (Phi) is 5.15. The lowest BCUT2D eigenvalue weighted by atomic mass is 9.87. The zero-order valence-electron chi connectivity index (χ0n) is 15.0. The summed E-state index contributed by atoms with van der Waals surface area (Å²) in [5, 5.41) is 13.2. The Labute approximate surface area is 164 Å². The van der Waals surface area contributed by atoms with Crippen LogP contribution in [0.15, 0.2) is 42.5 Å². The number of ether oxygens (including phenoxy) is 1. The minimum Gasteiger partial charge on any atom is -0.454 e. The van der Waals surface area contributed by atoms with Crippen LogP contribution in [0.2, 0.25) is 5.02 Å². The minimum absolute atomic E-state index is 0.132. The van der Waals surface area contributed by atoms with Gasteiger partial charge in [0.15, 0.2) is 5.78 Å². The molecular formula is C22H21ClN2O2. The number of ketones is 1. The highest BCUT2D eigenvalue weighted by Crippen LogP contribution is 2.35. The molecule has 0 radical (unpaired) electrons. The van der Waals surface area contributed by atoms with Crippen LogP contribution in [0.1, 0.15) is 48.0 Å². The third kappa shape index (κ3) is 4.00. The van der Waals surface area contributed by atoms with Gasteiger partial charge in [0, 0.05) is 24.1 Å². The first-order valence-corrected chi connectivity index (χ1v) is 9.76. The lowest BCUT2D eigenvalue weighted by molar-refractivity contribution is 0.0945. The van der Waals surface area contributed by atoms with Crippen LogP contribution in [0.5, 0.6) is 11.5 Å². The Morgan fingerprint density at radius 2 is 1.89 bits per heavy atom. The van der Waals surface area contributed by atoms with E-state index < -0.39 is 0 Å². The van der Waals surface area contributed by atoms with E-state index in [1.165, 1.54) is 12.8 Å². The second-order valence-corrected chi connectivity index (χ2v) is 7.87. The predicted octanol–water partition coefficient (Wildman–Crippen LogP) is 5.11. The van der Waals surface area contributed by atoms with Crippen molar-refractivity contribution in [3.05, 3.63) is 58.6 Å². The number of hydrogen-bond donors (Lipinski definition) is 1. The van der Waals surface area contributed by atoms with Crippen LogP contribution in [-0.2, 0) is 0 Å². The van der Waals surface area contributed by atoms with Crippen molar-refractivity contribution in [3.63, 3.8) is 0 Å². The molecule has 0 amide bonds. The van der Waals surface area contributed by atoms with Crippen molar-refractivity contribution in [3.8, 4) is 17.6 Å². The summed E-state index contributed by atoms with van der Waals surface area (Å²) in [5.41, 5.74) is 1.06. The first kappa shape index (κ1) is 18.0. The Morgan fingerprint density at radius 1 is 1.15 bits per heavy atom. The van der Waals surface area contributed by atoms with Gasteiger partial charge >= 0.3 is 0 Å². The van der Waals surface area contributed by atoms with Gasteiger partial charge in [0.25, 0.3) is 0 Å². The molecule has 0 saturated carbocycles. The fourth-order valence-electron chi connectivity index (χ4n) is 4.25. The Morgan fingerprint density at radius 3 is 2.59 bits per heavy atom. The fourth-order valence-corrected chi connectivity index (χ4v) is 4.46. The van der Waals surface area contributed by atoms with Crippen molar-refractivity contribution in [1.29, 1.82) is 5.26 Å². The van der Waals surface area contributed by atoms with Crippen molar-refractivity contribution >= 4 is 17.4 Å². The van der Waals surface area contributed by atoms with Gasteiger partial charge in [-0.2, -0.15) is 5.26 Å². The van der Waals surface area contributed by atoms with Gasteiger partial charge in [-0.05, 0) is 61.9 Å². The molecule has 27 heavy (non-hydrogen) atoms. The number of rotatable bonds is 5. The molecule has 2 aromatic rings. The van der Waals surface area contributed by atoms with Crippen LogP contribution < -0.4 is 10.1 Å². The van der Waals surface area contributed by atoms with Crippen molar-refractivity contribution in [2.75, 3.05) is 0 Å². The number of hydrogen-bond acceptors (Lipinski definition) is 4. The molecule has 138 valence electrons. The molecule has 2 heterocycles. The van der Waals surface area contributed by atoms with E-state index in [1.54, 1.807) is 42.5 Å². The molecule has 2 fully saturated rings. The highest BCUT2D eigenvalue weighted by Gasteiger charge is 2.34. The third-order valence-corrected chi connectivity index (χ3v) is 5.82. The Bertz CT molecular complexity index is 893. The maximum atomic E-state index is 12.7. The highest BCUT2D eigenvalue weighted by atomic mass is 35.5. The molecule has 4 rings (SSSR count). The molecule has 0 aromatic heterocycles. The van der Waals surface area contributed by atoms with Crippen molar-refractivity contribution < 1.29 is 9.53 Å². The molecular weight excluding hydrogens is 360 g/mol. The van der Waals surface area contributed by atoms with Crippen LogP contribution >= 0.6 is 11.6 Å². The second-order valence-electron chi connectivity index (χ2n) is 7.46. The summed E-state index contributed by atoms with van der Waals surface area (Å²) < 4.78 is 5.78. The van der Waals surface area contributed by atoms with Gasteiger partial charge in [-0.15, -0.1) is 0 Å². The van der Waals surface area contributed by atoms with E-state index in [1.807, 2.05) is 0 Å². The molecule has 0 spiro atoms. The predicted molar refractivity (Wildman–Crippen MR) is 104 cm³/mol. The van der Waals surface area contributed by atoms with Crippen LogP contribution in [0.25, 0.3) is 0 Å². The number of benzene rings is 2. The SMILES string of the molecule is N#Cc1ccccc1Oc1ccc(C(=O)CC2C[C@H]3CC[C@@H](C2)N3)cc1Cl. The van der Waals surface area contributed by atoms with Crippen LogP contribution in [0.4, 0.5) is 0 Å². The molecule has 5 heteroatoms. The van der Waals surface area contributed by atoms with Crippen molar-refractivity contribution in [2.45, 2.75) is 44.2 Å². The van der Waals surface area contributed by atoms with Gasteiger partial charge in [-0.25, -0.2) is 0 Å². The van der Waals surface area contributed by atoms with Gasteiger partial charge in [0.1, 0.15) is 17.6 Å². The second kappa shape index (κ2) is 7.72. The maximum Gasteiger partial charge on any atom is 0.163 e. The summed E-state index contributed by atoms with van der Waals surface area (Å²) in [5.74, 6) is 1.47. The number of para-hydroxylation sites is 1. The first-order chi connectivity index (χ1) is 13.1. The summed E-state index contributed by atoms with van der Waals surface area (Å²) in [6, 6.07) is 15.4. The lowest BCUT2D eigenvalue weighted by Gasteiger charge is -2.28. The van der Waals surface area contributed by atoms with E-state index in [2.05, 4.69) is 11.4 Å². The smallest absolute Gasteiger partial charge is 0.163 e. The molecule has 2 saturated heterocycles. The van der Waals surface area contributed by atoms with E-state index in [0.29, 0.717) is 52.1 Å². The summed E-state index contributed by atoms with van der Waals surface area (Å²) in [7, 11) is 0. The van der Waals surface area contributed by atoms with Crippen LogP contribution in [0.3, 0.4) is 0 Å². The number of carbonyl (C=O) groups excluding carboxylic acids is 1. The average Bonchev–Trinajstić information content (AvgIpc) is 3.02. The summed E-state index contributed by atoms with van der Waals surface area (Å²) >= 11 is 6.35. The topological polar surface area (TPSA) is 62.1 Å². The largest absolute Gasteiger partial charge is 0.454 e. The van der Waals surface area contributed by atoms with E-state index in [9.17, 15) is 4.79 Å². The Hall–Kier alpha value is -2.35. The highest BCUT2D eigenvalue weighted by molar-refractivity contribution is 6.32. The number of nitrogens with one attached hydrogen (secondary N) is 1.